The summed E-state index contributed by atoms with van der Waals surface area (Å²) in [5.41, 5.74) is 0.953. The van der Waals surface area contributed by atoms with Crippen molar-refractivity contribution in [1.82, 2.24) is 19.5 Å². The molecular weight excluding hydrogens is 330 g/mol. The van der Waals surface area contributed by atoms with Crippen LogP contribution >= 0.6 is 15.9 Å². The van der Waals surface area contributed by atoms with E-state index in [1.807, 2.05) is 36.9 Å². The molecule has 0 radical (unpaired) electrons. The number of aromatic nitrogens is 4. The van der Waals surface area contributed by atoms with Crippen LogP contribution in [-0.2, 0) is 6.54 Å². The summed E-state index contributed by atoms with van der Waals surface area (Å²) < 4.78 is 3.13. The third kappa shape index (κ3) is 3.58. The Morgan fingerprint density at radius 1 is 1.19 bits per heavy atom. The molecule has 6 heteroatoms. The lowest BCUT2D eigenvalue weighted by molar-refractivity contribution is 0.621. The molecule has 0 spiro atoms. The van der Waals surface area contributed by atoms with E-state index in [0.29, 0.717) is 0 Å². The normalized spacial score (nSPS) is 10.9. The van der Waals surface area contributed by atoms with Gasteiger partial charge in [-0.2, -0.15) is 0 Å². The Balaban J connectivity index is 1.56. The monoisotopic (exact) mass is 345 g/mol. The molecule has 2 aromatic heterocycles. The summed E-state index contributed by atoms with van der Waals surface area (Å²) >= 11 is 3.49. The summed E-state index contributed by atoms with van der Waals surface area (Å²) in [4.78, 5) is 12.7. The summed E-state index contributed by atoms with van der Waals surface area (Å²) in [5, 5.41) is 4.44. The zero-order chi connectivity index (χ0) is 14.5. The molecule has 0 unspecified atom stereocenters. The fourth-order valence-electron chi connectivity index (χ4n) is 2.21. The molecule has 0 aliphatic rings. The third-order valence-electron chi connectivity index (χ3n) is 3.29. The van der Waals surface area contributed by atoms with Gasteiger partial charge >= 0.3 is 0 Å². The van der Waals surface area contributed by atoms with E-state index in [9.17, 15) is 0 Å². The van der Waals surface area contributed by atoms with Crippen molar-refractivity contribution in [2.75, 3.05) is 11.9 Å². The lowest BCUT2D eigenvalue weighted by Crippen LogP contribution is -2.06. The Bertz CT molecular complexity index is 711. The van der Waals surface area contributed by atoms with Crippen molar-refractivity contribution in [3.8, 4) is 0 Å². The summed E-state index contributed by atoms with van der Waals surface area (Å²) in [6, 6.07) is 6.03. The number of hydrogen-bond acceptors (Lipinski definition) is 4. The summed E-state index contributed by atoms with van der Waals surface area (Å²) in [6.45, 7) is 1.89. The first kappa shape index (κ1) is 14.0. The van der Waals surface area contributed by atoms with Crippen LogP contribution in [0.1, 0.15) is 12.8 Å². The minimum Gasteiger partial charge on any atom is -0.369 e. The van der Waals surface area contributed by atoms with Crippen molar-refractivity contribution in [2.45, 2.75) is 19.4 Å². The van der Waals surface area contributed by atoms with Crippen LogP contribution in [0.3, 0.4) is 0 Å². The minimum atomic E-state index is 0.893. The van der Waals surface area contributed by atoms with E-state index in [1.54, 1.807) is 6.33 Å². The number of halogens is 1. The van der Waals surface area contributed by atoms with Gasteiger partial charge < -0.3 is 9.88 Å². The van der Waals surface area contributed by atoms with E-state index < -0.39 is 0 Å². The van der Waals surface area contributed by atoms with Gasteiger partial charge in [0, 0.05) is 35.3 Å². The number of nitrogens with zero attached hydrogens (tertiary/aromatic N) is 4. The fourth-order valence-corrected chi connectivity index (χ4v) is 2.58. The highest BCUT2D eigenvalue weighted by Crippen LogP contribution is 2.23. The quantitative estimate of drug-likeness (QED) is 0.695. The predicted molar refractivity (Wildman–Crippen MR) is 87.2 cm³/mol. The van der Waals surface area contributed by atoms with Gasteiger partial charge in [0.25, 0.3) is 0 Å². The Morgan fingerprint density at radius 3 is 3.00 bits per heavy atom. The third-order valence-corrected chi connectivity index (χ3v) is 3.79. The van der Waals surface area contributed by atoms with Gasteiger partial charge in [-0.15, -0.1) is 0 Å². The second kappa shape index (κ2) is 6.67. The lowest BCUT2D eigenvalue weighted by atomic mass is 10.2. The number of rotatable bonds is 6. The topological polar surface area (TPSA) is 55.6 Å². The van der Waals surface area contributed by atoms with Crippen molar-refractivity contribution in [3.63, 3.8) is 0 Å². The number of imidazole rings is 1. The van der Waals surface area contributed by atoms with Crippen molar-refractivity contribution in [1.29, 1.82) is 0 Å². The largest absolute Gasteiger partial charge is 0.369 e. The van der Waals surface area contributed by atoms with Crippen molar-refractivity contribution in [3.05, 3.63) is 47.7 Å². The number of fused-ring (bicyclic) bond motifs is 1. The zero-order valence-corrected chi connectivity index (χ0v) is 13.1. The van der Waals surface area contributed by atoms with Crippen LogP contribution in [0.5, 0.6) is 0 Å². The van der Waals surface area contributed by atoms with E-state index in [4.69, 9.17) is 0 Å². The standard InChI is InChI=1S/C15H16BrN5/c16-12-3-4-14-13(9-12)15(20-10-19-14)18-5-1-2-7-21-8-6-17-11-21/h3-4,6,8-11H,1-2,5,7H2,(H,18,19,20). The highest BCUT2D eigenvalue weighted by Gasteiger charge is 2.03. The van der Waals surface area contributed by atoms with E-state index in [-0.39, 0.29) is 0 Å². The van der Waals surface area contributed by atoms with E-state index in [2.05, 4.69) is 40.8 Å². The van der Waals surface area contributed by atoms with Gasteiger partial charge in [-0.1, -0.05) is 15.9 Å². The molecule has 0 saturated carbocycles. The molecule has 0 fully saturated rings. The molecule has 3 rings (SSSR count). The molecule has 21 heavy (non-hydrogen) atoms. The van der Waals surface area contributed by atoms with Crippen LogP contribution in [0.2, 0.25) is 0 Å². The van der Waals surface area contributed by atoms with E-state index >= 15 is 0 Å². The maximum absolute atomic E-state index is 4.34. The van der Waals surface area contributed by atoms with Crippen molar-refractivity contribution < 1.29 is 0 Å². The molecule has 5 nitrogen and oxygen atoms in total. The van der Waals surface area contributed by atoms with Crippen LogP contribution in [0, 0.1) is 0 Å². The molecule has 3 aromatic rings. The molecule has 1 aromatic carbocycles. The molecule has 0 bridgehead atoms. The Morgan fingerprint density at radius 2 is 2.14 bits per heavy atom. The number of nitrogens with one attached hydrogen (secondary N) is 1. The van der Waals surface area contributed by atoms with Gasteiger partial charge in [-0.3, -0.25) is 0 Å². The Kier molecular flexibility index (Phi) is 4.45. The maximum Gasteiger partial charge on any atom is 0.137 e. The van der Waals surface area contributed by atoms with Gasteiger partial charge in [-0.05, 0) is 31.0 Å². The van der Waals surface area contributed by atoms with Crippen LogP contribution in [0.4, 0.5) is 5.82 Å². The molecule has 108 valence electrons. The average molecular weight is 346 g/mol. The maximum atomic E-state index is 4.34. The van der Waals surface area contributed by atoms with Crippen LogP contribution in [0.25, 0.3) is 10.9 Å². The van der Waals surface area contributed by atoms with Crippen LogP contribution < -0.4 is 5.32 Å². The number of anilines is 1. The Labute approximate surface area is 131 Å². The number of unbranched alkanes of at least 4 members (excludes halogenated alkanes) is 1. The predicted octanol–water partition coefficient (Wildman–Crippen LogP) is 3.48. The minimum absolute atomic E-state index is 0.893. The SMILES string of the molecule is Brc1ccc2ncnc(NCCCCn3ccnc3)c2c1. The lowest BCUT2D eigenvalue weighted by Gasteiger charge is -2.08. The molecule has 1 N–H and O–H groups in total. The van der Waals surface area contributed by atoms with Gasteiger partial charge in [0.2, 0.25) is 0 Å². The first-order valence-electron chi connectivity index (χ1n) is 6.93. The Hall–Kier alpha value is -1.95. The van der Waals surface area contributed by atoms with Crippen molar-refractivity contribution >= 4 is 32.7 Å². The van der Waals surface area contributed by atoms with E-state index in [1.165, 1.54) is 0 Å². The molecule has 0 amide bonds. The highest BCUT2D eigenvalue weighted by molar-refractivity contribution is 9.10. The number of benzene rings is 1. The molecular formula is C15H16BrN5. The summed E-state index contributed by atoms with van der Waals surface area (Å²) in [7, 11) is 0. The molecule has 0 saturated heterocycles. The van der Waals surface area contributed by atoms with Gasteiger partial charge in [0.1, 0.15) is 12.1 Å². The fraction of sp³-hybridized carbons (Fsp3) is 0.267. The zero-order valence-electron chi connectivity index (χ0n) is 11.5. The second-order valence-electron chi connectivity index (χ2n) is 4.82. The molecule has 2 heterocycles. The van der Waals surface area contributed by atoms with Crippen LogP contribution in [0.15, 0.2) is 47.7 Å². The average Bonchev–Trinajstić information content (AvgIpc) is 3.00. The van der Waals surface area contributed by atoms with Crippen molar-refractivity contribution in [2.24, 2.45) is 0 Å². The number of hydrogen-bond donors (Lipinski definition) is 1. The molecule has 0 aliphatic carbocycles. The highest BCUT2D eigenvalue weighted by atomic mass is 79.9. The summed E-state index contributed by atoms with van der Waals surface area (Å²) in [6.07, 6.45) is 9.44. The van der Waals surface area contributed by atoms with Gasteiger partial charge in [0.15, 0.2) is 0 Å². The molecule has 0 atom stereocenters. The second-order valence-corrected chi connectivity index (χ2v) is 5.73. The molecule has 0 aliphatic heterocycles. The van der Waals surface area contributed by atoms with Crippen LogP contribution in [-0.4, -0.2) is 26.1 Å². The smallest absolute Gasteiger partial charge is 0.137 e. The van der Waals surface area contributed by atoms with Gasteiger partial charge in [-0.25, -0.2) is 15.0 Å². The van der Waals surface area contributed by atoms with E-state index in [0.717, 1.165) is 47.1 Å². The first-order valence-corrected chi connectivity index (χ1v) is 7.72. The first-order chi connectivity index (χ1) is 10.3. The summed E-state index contributed by atoms with van der Waals surface area (Å²) in [5.74, 6) is 0.893. The number of aryl methyl sites for hydroxylation is 1. The van der Waals surface area contributed by atoms with Gasteiger partial charge in [0.05, 0.1) is 11.8 Å².